The van der Waals surface area contributed by atoms with Crippen molar-refractivity contribution in [2.45, 2.75) is 11.8 Å². The lowest BCUT2D eigenvalue weighted by atomic mass is 10.2. The van der Waals surface area contributed by atoms with Gasteiger partial charge in [-0.3, -0.25) is 9.59 Å². The minimum atomic E-state index is -0.426. The lowest BCUT2D eigenvalue weighted by Crippen LogP contribution is -2.32. The van der Waals surface area contributed by atoms with Crippen LogP contribution in [-0.2, 0) is 9.59 Å². The van der Waals surface area contributed by atoms with Crippen LogP contribution >= 0.6 is 23.4 Å². The highest BCUT2D eigenvalue weighted by Gasteiger charge is 2.40. The number of nitrogens with one attached hydrogen (secondary N) is 1. The number of amides is 2. The number of thioether (sulfide) groups is 1. The molecule has 1 N–H and O–H groups in total. The van der Waals surface area contributed by atoms with E-state index in [0.29, 0.717) is 27.1 Å². The SMILES string of the molecule is COc1ccc(N2C(=O)C(Nc3cccc(Cl)c3)=C(Sc3ccc(C)cc3)C2=O)cc1. The molecule has 0 aromatic heterocycles. The van der Waals surface area contributed by atoms with Crippen LogP contribution in [0.4, 0.5) is 11.4 Å². The summed E-state index contributed by atoms with van der Waals surface area (Å²) in [5.41, 5.74) is 2.43. The molecule has 0 spiro atoms. The van der Waals surface area contributed by atoms with Gasteiger partial charge in [0.25, 0.3) is 11.8 Å². The summed E-state index contributed by atoms with van der Waals surface area (Å²) in [5, 5.41) is 3.63. The molecule has 31 heavy (non-hydrogen) atoms. The number of aryl methyl sites for hydroxylation is 1. The lowest BCUT2D eigenvalue weighted by molar-refractivity contribution is -0.120. The van der Waals surface area contributed by atoms with Gasteiger partial charge in [0.05, 0.1) is 12.8 Å². The first-order chi connectivity index (χ1) is 15.0. The number of hydrogen-bond donors (Lipinski definition) is 1. The van der Waals surface area contributed by atoms with E-state index >= 15 is 0 Å². The third kappa shape index (κ3) is 4.45. The predicted octanol–water partition coefficient (Wildman–Crippen LogP) is 5.65. The van der Waals surface area contributed by atoms with Crippen LogP contribution in [0.2, 0.25) is 5.02 Å². The Morgan fingerprint density at radius 2 is 1.65 bits per heavy atom. The first-order valence-corrected chi connectivity index (χ1v) is 10.7. The molecule has 0 atom stereocenters. The van der Waals surface area contributed by atoms with Gasteiger partial charge in [-0.2, -0.15) is 0 Å². The molecule has 4 rings (SSSR count). The number of nitrogens with zero attached hydrogens (tertiary/aromatic N) is 1. The Bertz CT molecular complexity index is 1170. The molecule has 0 saturated carbocycles. The summed E-state index contributed by atoms with van der Waals surface area (Å²) in [6.07, 6.45) is 0. The zero-order valence-electron chi connectivity index (χ0n) is 16.9. The van der Waals surface area contributed by atoms with Crippen LogP contribution < -0.4 is 15.0 Å². The van der Waals surface area contributed by atoms with Gasteiger partial charge in [-0.25, -0.2) is 4.90 Å². The number of rotatable bonds is 6. The van der Waals surface area contributed by atoms with E-state index in [2.05, 4.69) is 5.32 Å². The van der Waals surface area contributed by atoms with Crippen LogP contribution in [0.15, 0.2) is 88.3 Å². The quantitative estimate of drug-likeness (QED) is 0.492. The van der Waals surface area contributed by atoms with Crippen molar-refractivity contribution in [2.75, 3.05) is 17.3 Å². The molecule has 1 aliphatic rings. The van der Waals surface area contributed by atoms with Crippen molar-refractivity contribution < 1.29 is 14.3 Å². The van der Waals surface area contributed by atoms with Gasteiger partial charge in [-0.15, -0.1) is 0 Å². The van der Waals surface area contributed by atoms with E-state index in [4.69, 9.17) is 16.3 Å². The van der Waals surface area contributed by atoms with Crippen LogP contribution in [0.5, 0.6) is 5.75 Å². The van der Waals surface area contributed by atoms with Gasteiger partial charge in [0, 0.05) is 15.6 Å². The summed E-state index contributed by atoms with van der Waals surface area (Å²) in [6, 6.07) is 21.6. The number of methoxy groups -OCH3 is 1. The summed E-state index contributed by atoms with van der Waals surface area (Å²) in [4.78, 5) is 29.0. The maximum atomic E-state index is 13.3. The summed E-state index contributed by atoms with van der Waals surface area (Å²) >= 11 is 7.35. The maximum absolute atomic E-state index is 13.3. The van der Waals surface area contributed by atoms with Gasteiger partial charge in [-0.05, 0) is 61.5 Å². The van der Waals surface area contributed by atoms with E-state index in [1.165, 1.54) is 16.7 Å². The number of ether oxygens (including phenoxy) is 1. The van der Waals surface area contributed by atoms with Gasteiger partial charge < -0.3 is 10.1 Å². The molecule has 0 bridgehead atoms. The highest BCUT2D eigenvalue weighted by Crippen LogP contribution is 2.38. The fraction of sp³-hybridized carbons (Fsp3) is 0.0833. The van der Waals surface area contributed by atoms with E-state index in [1.54, 1.807) is 55.6 Å². The van der Waals surface area contributed by atoms with Crippen molar-refractivity contribution in [2.24, 2.45) is 0 Å². The third-order valence-corrected chi connectivity index (χ3v) is 6.03. The van der Waals surface area contributed by atoms with Crippen molar-refractivity contribution in [3.63, 3.8) is 0 Å². The number of carbonyl (C=O) groups excluding carboxylic acids is 2. The number of benzene rings is 3. The molecule has 7 heteroatoms. The zero-order valence-corrected chi connectivity index (χ0v) is 18.5. The van der Waals surface area contributed by atoms with Gasteiger partial charge in [0.15, 0.2) is 0 Å². The molecule has 0 saturated heterocycles. The second-order valence-electron chi connectivity index (χ2n) is 6.90. The fourth-order valence-electron chi connectivity index (χ4n) is 3.12. The van der Waals surface area contributed by atoms with Crippen LogP contribution in [0.25, 0.3) is 0 Å². The van der Waals surface area contributed by atoms with E-state index in [-0.39, 0.29) is 11.6 Å². The van der Waals surface area contributed by atoms with Crippen LogP contribution in [0.3, 0.4) is 0 Å². The van der Waals surface area contributed by atoms with Crippen molar-refractivity contribution in [3.8, 4) is 5.75 Å². The lowest BCUT2D eigenvalue weighted by Gasteiger charge is -2.15. The van der Waals surface area contributed by atoms with E-state index in [9.17, 15) is 9.59 Å². The standard InChI is InChI=1S/C24H19ClN2O3S/c1-15-6-12-20(13-7-15)31-22-21(26-17-5-3-4-16(25)14-17)23(28)27(24(22)29)18-8-10-19(30-2)11-9-18/h3-14,26H,1-2H3. The molecule has 0 fully saturated rings. The Morgan fingerprint density at radius 1 is 0.935 bits per heavy atom. The summed E-state index contributed by atoms with van der Waals surface area (Å²) in [5.74, 6) is -0.169. The first-order valence-electron chi connectivity index (χ1n) is 9.50. The second-order valence-corrected chi connectivity index (χ2v) is 8.42. The monoisotopic (exact) mass is 450 g/mol. The molecule has 156 valence electrons. The fourth-order valence-corrected chi connectivity index (χ4v) is 4.23. The smallest absolute Gasteiger partial charge is 0.283 e. The normalized spacial score (nSPS) is 13.7. The Kier molecular flexibility index (Phi) is 6.02. The Hall–Kier alpha value is -3.22. The molecule has 2 amide bonds. The molecule has 0 radical (unpaired) electrons. The molecule has 3 aromatic rings. The largest absolute Gasteiger partial charge is 0.497 e. The summed E-state index contributed by atoms with van der Waals surface area (Å²) < 4.78 is 5.18. The third-order valence-electron chi connectivity index (χ3n) is 4.71. The molecule has 0 unspecified atom stereocenters. The van der Waals surface area contributed by atoms with Crippen LogP contribution in [-0.4, -0.2) is 18.9 Å². The Labute approximate surface area is 189 Å². The van der Waals surface area contributed by atoms with E-state index in [1.807, 2.05) is 31.2 Å². The molecule has 0 aliphatic carbocycles. The minimum absolute atomic E-state index is 0.216. The molecular formula is C24H19ClN2O3S. The van der Waals surface area contributed by atoms with Crippen molar-refractivity contribution in [1.82, 2.24) is 0 Å². The average Bonchev–Trinajstić information content (AvgIpc) is 2.99. The number of imide groups is 1. The molecule has 3 aromatic carbocycles. The van der Waals surface area contributed by atoms with Crippen LogP contribution in [0.1, 0.15) is 5.56 Å². The first kappa shape index (κ1) is 21.0. The summed E-state index contributed by atoms with van der Waals surface area (Å²) in [7, 11) is 1.56. The minimum Gasteiger partial charge on any atom is -0.497 e. The predicted molar refractivity (Wildman–Crippen MR) is 125 cm³/mol. The molecule has 1 heterocycles. The van der Waals surface area contributed by atoms with Gasteiger partial charge >= 0.3 is 0 Å². The van der Waals surface area contributed by atoms with Crippen molar-refractivity contribution in [1.29, 1.82) is 0 Å². The highest BCUT2D eigenvalue weighted by molar-refractivity contribution is 8.04. The number of hydrogen-bond acceptors (Lipinski definition) is 5. The molecular weight excluding hydrogens is 432 g/mol. The van der Waals surface area contributed by atoms with Gasteiger partial charge in [0.1, 0.15) is 16.4 Å². The van der Waals surface area contributed by atoms with Crippen molar-refractivity contribution in [3.05, 3.63) is 94.0 Å². The number of carbonyl (C=O) groups is 2. The number of halogens is 1. The van der Waals surface area contributed by atoms with E-state index in [0.717, 1.165) is 10.5 Å². The Morgan fingerprint density at radius 3 is 2.29 bits per heavy atom. The molecule has 5 nitrogen and oxygen atoms in total. The van der Waals surface area contributed by atoms with Gasteiger partial charge in [-0.1, -0.05) is 47.1 Å². The summed E-state index contributed by atoms with van der Waals surface area (Å²) in [6.45, 7) is 2.00. The average molecular weight is 451 g/mol. The Balaban J connectivity index is 1.73. The number of anilines is 2. The van der Waals surface area contributed by atoms with Crippen molar-refractivity contribution >= 4 is 46.6 Å². The van der Waals surface area contributed by atoms with Crippen LogP contribution in [0, 0.1) is 6.92 Å². The van der Waals surface area contributed by atoms with E-state index < -0.39 is 5.91 Å². The molecule has 1 aliphatic heterocycles. The highest BCUT2D eigenvalue weighted by atomic mass is 35.5. The topological polar surface area (TPSA) is 58.6 Å². The maximum Gasteiger partial charge on any atom is 0.283 e. The zero-order chi connectivity index (χ0) is 22.0. The second kappa shape index (κ2) is 8.88. The van der Waals surface area contributed by atoms with Gasteiger partial charge in [0.2, 0.25) is 0 Å².